The smallest absolute Gasteiger partial charge is 0.119 e. The number of nitrogens with one attached hydrogen (secondary N) is 1. The first-order valence-electron chi connectivity index (χ1n) is 8.05. The second-order valence-electron chi connectivity index (χ2n) is 5.87. The normalized spacial score (nSPS) is 23.8. The fourth-order valence-electron chi connectivity index (χ4n) is 2.87. The Morgan fingerprint density at radius 3 is 2.81 bits per heavy atom. The molecule has 1 saturated heterocycles. The molecule has 118 valence electrons. The van der Waals surface area contributed by atoms with E-state index in [9.17, 15) is 0 Å². The molecular formula is C17H27BrN2O. The summed E-state index contributed by atoms with van der Waals surface area (Å²) in [6.45, 7) is 8.62. The Bertz CT molecular complexity index is 410. The summed E-state index contributed by atoms with van der Waals surface area (Å²) in [5.74, 6) is 0.948. The number of rotatable bonds is 6. The van der Waals surface area contributed by atoms with Gasteiger partial charge in [-0.3, -0.25) is 4.90 Å². The standard InChI is InChI=1S/C17H27BrN2O/c1-3-4-16-13-20(14(2)9-10-19-16)11-12-21-17-7-5-15(18)6-8-17/h5-8,14,16,19H,3-4,9-13H2,1-2H3. The lowest BCUT2D eigenvalue weighted by molar-refractivity contribution is 0.163. The van der Waals surface area contributed by atoms with Crippen molar-refractivity contribution in [3.63, 3.8) is 0 Å². The number of ether oxygens (including phenoxy) is 1. The molecule has 1 aliphatic rings. The zero-order chi connectivity index (χ0) is 15.1. The van der Waals surface area contributed by atoms with Crippen molar-refractivity contribution in [3.8, 4) is 5.75 Å². The summed E-state index contributed by atoms with van der Waals surface area (Å²) in [4.78, 5) is 2.57. The van der Waals surface area contributed by atoms with Gasteiger partial charge in [0, 0.05) is 29.6 Å². The number of hydrogen-bond donors (Lipinski definition) is 1. The average molecular weight is 355 g/mol. The Balaban J connectivity index is 1.80. The predicted molar refractivity (Wildman–Crippen MR) is 92.0 cm³/mol. The first kappa shape index (κ1) is 16.8. The van der Waals surface area contributed by atoms with Gasteiger partial charge in [-0.05, 0) is 50.6 Å². The summed E-state index contributed by atoms with van der Waals surface area (Å²) in [6, 6.07) is 9.32. The van der Waals surface area contributed by atoms with Crippen molar-refractivity contribution in [1.29, 1.82) is 0 Å². The molecular weight excluding hydrogens is 328 g/mol. The van der Waals surface area contributed by atoms with Crippen LogP contribution in [0.15, 0.2) is 28.7 Å². The molecule has 1 heterocycles. The van der Waals surface area contributed by atoms with Crippen LogP contribution in [-0.2, 0) is 0 Å². The molecule has 0 aromatic heterocycles. The largest absolute Gasteiger partial charge is 0.492 e. The molecule has 2 atom stereocenters. The van der Waals surface area contributed by atoms with Crippen LogP contribution in [0.5, 0.6) is 5.75 Å². The zero-order valence-electron chi connectivity index (χ0n) is 13.1. The predicted octanol–water partition coefficient (Wildman–Crippen LogP) is 3.68. The number of nitrogens with zero attached hydrogens (tertiary/aromatic N) is 1. The third-order valence-electron chi connectivity index (χ3n) is 4.17. The highest BCUT2D eigenvalue weighted by Crippen LogP contribution is 2.16. The molecule has 1 N–H and O–H groups in total. The van der Waals surface area contributed by atoms with Gasteiger partial charge in [-0.2, -0.15) is 0 Å². The minimum absolute atomic E-state index is 0.632. The molecule has 0 radical (unpaired) electrons. The quantitative estimate of drug-likeness (QED) is 0.843. The molecule has 1 aromatic carbocycles. The van der Waals surface area contributed by atoms with Crippen LogP contribution in [0.3, 0.4) is 0 Å². The fourth-order valence-corrected chi connectivity index (χ4v) is 3.14. The van der Waals surface area contributed by atoms with E-state index in [-0.39, 0.29) is 0 Å². The highest BCUT2D eigenvalue weighted by molar-refractivity contribution is 9.10. The second kappa shape index (κ2) is 8.76. The van der Waals surface area contributed by atoms with Gasteiger partial charge in [0.2, 0.25) is 0 Å². The van der Waals surface area contributed by atoms with Crippen molar-refractivity contribution in [2.24, 2.45) is 0 Å². The van der Waals surface area contributed by atoms with Crippen LogP contribution >= 0.6 is 15.9 Å². The van der Waals surface area contributed by atoms with Crippen LogP contribution in [-0.4, -0.2) is 43.2 Å². The van der Waals surface area contributed by atoms with E-state index in [2.05, 4.69) is 40.0 Å². The molecule has 0 spiro atoms. The van der Waals surface area contributed by atoms with E-state index in [1.54, 1.807) is 0 Å². The van der Waals surface area contributed by atoms with Gasteiger partial charge in [0.05, 0.1) is 0 Å². The SMILES string of the molecule is CCCC1CN(CCOc2ccc(Br)cc2)C(C)CCN1. The molecule has 0 bridgehead atoms. The molecule has 4 heteroatoms. The summed E-state index contributed by atoms with van der Waals surface area (Å²) in [7, 11) is 0. The van der Waals surface area contributed by atoms with Crippen LogP contribution in [0.1, 0.15) is 33.1 Å². The van der Waals surface area contributed by atoms with Gasteiger partial charge in [0.15, 0.2) is 0 Å². The number of benzene rings is 1. The number of hydrogen-bond acceptors (Lipinski definition) is 3. The minimum atomic E-state index is 0.632. The Hall–Kier alpha value is -0.580. The number of halogens is 1. The molecule has 2 rings (SSSR count). The minimum Gasteiger partial charge on any atom is -0.492 e. The van der Waals surface area contributed by atoms with Crippen molar-refractivity contribution in [2.75, 3.05) is 26.2 Å². The lowest BCUT2D eigenvalue weighted by atomic mass is 10.1. The lowest BCUT2D eigenvalue weighted by Gasteiger charge is -2.28. The van der Waals surface area contributed by atoms with Crippen LogP contribution in [0, 0.1) is 0 Å². The lowest BCUT2D eigenvalue weighted by Crippen LogP contribution is -2.41. The van der Waals surface area contributed by atoms with E-state index in [1.807, 2.05) is 24.3 Å². The Morgan fingerprint density at radius 1 is 1.33 bits per heavy atom. The van der Waals surface area contributed by atoms with Gasteiger partial charge < -0.3 is 10.1 Å². The topological polar surface area (TPSA) is 24.5 Å². The van der Waals surface area contributed by atoms with Gasteiger partial charge in [0.25, 0.3) is 0 Å². The third-order valence-corrected chi connectivity index (χ3v) is 4.70. The van der Waals surface area contributed by atoms with Crippen molar-refractivity contribution >= 4 is 15.9 Å². The third kappa shape index (κ3) is 5.61. The molecule has 0 amide bonds. The molecule has 3 nitrogen and oxygen atoms in total. The highest BCUT2D eigenvalue weighted by atomic mass is 79.9. The zero-order valence-corrected chi connectivity index (χ0v) is 14.7. The van der Waals surface area contributed by atoms with Gasteiger partial charge in [-0.25, -0.2) is 0 Å². The second-order valence-corrected chi connectivity index (χ2v) is 6.79. The summed E-state index contributed by atoms with van der Waals surface area (Å²) in [6.07, 6.45) is 3.73. The molecule has 0 saturated carbocycles. The Labute approximate surface area is 137 Å². The summed E-state index contributed by atoms with van der Waals surface area (Å²) in [5.41, 5.74) is 0. The first-order valence-corrected chi connectivity index (χ1v) is 8.84. The van der Waals surface area contributed by atoms with E-state index >= 15 is 0 Å². The highest BCUT2D eigenvalue weighted by Gasteiger charge is 2.21. The van der Waals surface area contributed by atoms with Gasteiger partial charge >= 0.3 is 0 Å². The van der Waals surface area contributed by atoms with Crippen LogP contribution in [0.2, 0.25) is 0 Å². The maximum atomic E-state index is 5.87. The maximum Gasteiger partial charge on any atom is 0.119 e. The molecule has 2 unspecified atom stereocenters. The average Bonchev–Trinajstić information content (AvgIpc) is 2.64. The van der Waals surface area contributed by atoms with Gasteiger partial charge in [0.1, 0.15) is 12.4 Å². The van der Waals surface area contributed by atoms with Crippen molar-refractivity contribution in [1.82, 2.24) is 10.2 Å². The first-order chi connectivity index (χ1) is 10.2. The summed E-state index contributed by atoms with van der Waals surface area (Å²) >= 11 is 3.44. The fraction of sp³-hybridized carbons (Fsp3) is 0.647. The molecule has 1 aliphatic heterocycles. The van der Waals surface area contributed by atoms with Crippen molar-refractivity contribution in [2.45, 2.75) is 45.2 Å². The van der Waals surface area contributed by atoms with Gasteiger partial charge in [-0.15, -0.1) is 0 Å². The van der Waals surface area contributed by atoms with Crippen molar-refractivity contribution in [3.05, 3.63) is 28.7 Å². The summed E-state index contributed by atoms with van der Waals surface area (Å²) < 4.78 is 6.95. The molecule has 1 aromatic rings. The van der Waals surface area contributed by atoms with Crippen molar-refractivity contribution < 1.29 is 4.74 Å². The van der Waals surface area contributed by atoms with E-state index in [1.165, 1.54) is 19.3 Å². The molecule has 0 aliphatic carbocycles. The van der Waals surface area contributed by atoms with Crippen LogP contribution in [0.25, 0.3) is 0 Å². The Kier molecular flexibility index (Phi) is 7.00. The maximum absolute atomic E-state index is 5.87. The molecule has 21 heavy (non-hydrogen) atoms. The van der Waals surface area contributed by atoms with Gasteiger partial charge in [-0.1, -0.05) is 29.3 Å². The molecule has 1 fully saturated rings. The Morgan fingerprint density at radius 2 is 2.10 bits per heavy atom. The van der Waals surface area contributed by atoms with Crippen LogP contribution in [0.4, 0.5) is 0 Å². The van der Waals surface area contributed by atoms with E-state index in [0.29, 0.717) is 12.1 Å². The van der Waals surface area contributed by atoms with Crippen LogP contribution < -0.4 is 10.1 Å². The van der Waals surface area contributed by atoms with E-state index < -0.39 is 0 Å². The monoisotopic (exact) mass is 354 g/mol. The summed E-state index contributed by atoms with van der Waals surface area (Å²) in [5, 5.41) is 3.67. The van der Waals surface area contributed by atoms with E-state index in [0.717, 1.165) is 36.5 Å². The van der Waals surface area contributed by atoms with E-state index in [4.69, 9.17) is 4.74 Å².